The molecule has 3 nitrogen and oxygen atoms in total. The zero-order valence-electron chi connectivity index (χ0n) is 6.40. The van der Waals surface area contributed by atoms with Gasteiger partial charge >= 0.3 is 0 Å². The summed E-state index contributed by atoms with van der Waals surface area (Å²) in [6.07, 6.45) is 1.63. The summed E-state index contributed by atoms with van der Waals surface area (Å²) >= 11 is 5.01. The standard InChI is InChI=1S/C7H7BrN2OS/c1-5-9-4-10(11-5)6-2-7(8)12-3-6/h2-5H,1H3. The van der Waals surface area contributed by atoms with E-state index in [-0.39, 0.29) is 6.23 Å². The van der Waals surface area contributed by atoms with Gasteiger partial charge in [0.1, 0.15) is 6.34 Å². The number of hydroxylamine groups is 1. The fourth-order valence-corrected chi connectivity index (χ4v) is 2.03. The fourth-order valence-electron chi connectivity index (χ4n) is 0.917. The Labute approximate surface area is 82.8 Å². The largest absolute Gasteiger partial charge is 0.241 e. The van der Waals surface area contributed by atoms with Crippen LogP contribution in [0, 0.1) is 0 Å². The first kappa shape index (κ1) is 8.22. The highest BCUT2D eigenvalue weighted by atomic mass is 79.9. The molecule has 0 aromatic carbocycles. The van der Waals surface area contributed by atoms with Crippen LogP contribution in [0.25, 0.3) is 0 Å². The molecule has 1 aliphatic rings. The van der Waals surface area contributed by atoms with Gasteiger partial charge in [-0.1, -0.05) is 0 Å². The Hall–Kier alpha value is -0.390. The van der Waals surface area contributed by atoms with Gasteiger partial charge in [-0.25, -0.2) is 14.9 Å². The Balaban J connectivity index is 2.17. The Morgan fingerprint density at radius 3 is 3.08 bits per heavy atom. The van der Waals surface area contributed by atoms with Crippen LogP contribution in [0.2, 0.25) is 0 Å². The third kappa shape index (κ3) is 1.53. The molecule has 1 aliphatic heterocycles. The van der Waals surface area contributed by atoms with Gasteiger partial charge in [0, 0.05) is 5.38 Å². The molecule has 1 unspecified atom stereocenters. The molecular formula is C7H7BrN2OS. The van der Waals surface area contributed by atoms with Gasteiger partial charge in [0.2, 0.25) is 0 Å². The second-order valence-electron chi connectivity index (χ2n) is 2.40. The summed E-state index contributed by atoms with van der Waals surface area (Å²) in [4.78, 5) is 9.43. The van der Waals surface area contributed by atoms with E-state index in [0.29, 0.717) is 0 Å². The summed E-state index contributed by atoms with van der Waals surface area (Å²) < 4.78 is 1.09. The van der Waals surface area contributed by atoms with E-state index < -0.39 is 0 Å². The first-order valence-electron chi connectivity index (χ1n) is 3.49. The second kappa shape index (κ2) is 3.16. The normalized spacial score (nSPS) is 22.2. The van der Waals surface area contributed by atoms with E-state index in [1.54, 1.807) is 22.7 Å². The van der Waals surface area contributed by atoms with Crippen LogP contribution in [-0.4, -0.2) is 12.6 Å². The molecule has 0 saturated heterocycles. The van der Waals surface area contributed by atoms with Crippen molar-refractivity contribution in [1.29, 1.82) is 0 Å². The van der Waals surface area contributed by atoms with Gasteiger partial charge in [-0.05, 0) is 28.9 Å². The minimum atomic E-state index is -0.0660. The average Bonchev–Trinajstić information content (AvgIpc) is 2.58. The van der Waals surface area contributed by atoms with Crippen LogP contribution in [0.4, 0.5) is 5.69 Å². The van der Waals surface area contributed by atoms with E-state index in [1.165, 1.54) is 0 Å². The minimum Gasteiger partial charge on any atom is -0.241 e. The number of halogens is 1. The molecule has 0 spiro atoms. The molecule has 5 heteroatoms. The monoisotopic (exact) mass is 246 g/mol. The fraction of sp³-hybridized carbons (Fsp3) is 0.286. The van der Waals surface area contributed by atoms with E-state index in [9.17, 15) is 0 Å². The van der Waals surface area contributed by atoms with Crippen molar-refractivity contribution in [2.75, 3.05) is 5.06 Å². The zero-order chi connectivity index (χ0) is 8.55. The molecule has 0 N–H and O–H groups in total. The summed E-state index contributed by atoms with van der Waals surface area (Å²) in [6.45, 7) is 1.90. The predicted molar refractivity (Wildman–Crippen MR) is 53.5 cm³/mol. The van der Waals surface area contributed by atoms with E-state index >= 15 is 0 Å². The number of hydrogen-bond acceptors (Lipinski definition) is 4. The van der Waals surface area contributed by atoms with Crippen LogP contribution in [0.5, 0.6) is 0 Å². The Bertz CT molecular complexity index is 312. The minimum absolute atomic E-state index is 0.0660. The zero-order valence-corrected chi connectivity index (χ0v) is 8.80. The van der Waals surface area contributed by atoms with Gasteiger partial charge in [0.05, 0.1) is 9.47 Å². The first-order chi connectivity index (χ1) is 5.75. The molecular weight excluding hydrogens is 240 g/mol. The highest BCUT2D eigenvalue weighted by molar-refractivity contribution is 9.11. The summed E-state index contributed by atoms with van der Waals surface area (Å²) in [6, 6.07) is 1.99. The highest BCUT2D eigenvalue weighted by Gasteiger charge is 2.15. The topological polar surface area (TPSA) is 24.8 Å². The third-order valence-corrected chi connectivity index (χ3v) is 2.95. The van der Waals surface area contributed by atoms with Gasteiger partial charge in [-0.2, -0.15) is 0 Å². The van der Waals surface area contributed by atoms with Crippen LogP contribution in [0.15, 0.2) is 20.2 Å². The van der Waals surface area contributed by atoms with Crippen LogP contribution >= 0.6 is 27.3 Å². The molecule has 1 aromatic rings. The Kier molecular flexibility index (Phi) is 2.16. The lowest BCUT2D eigenvalue weighted by molar-refractivity contribution is 0.101. The maximum Gasteiger partial charge on any atom is 0.174 e. The molecule has 0 fully saturated rings. The van der Waals surface area contributed by atoms with Gasteiger partial charge < -0.3 is 0 Å². The summed E-state index contributed by atoms with van der Waals surface area (Å²) in [7, 11) is 0. The second-order valence-corrected chi connectivity index (χ2v) is 4.69. The Morgan fingerprint density at radius 1 is 1.75 bits per heavy atom. The van der Waals surface area contributed by atoms with Crippen LogP contribution < -0.4 is 5.06 Å². The first-order valence-corrected chi connectivity index (χ1v) is 5.16. The van der Waals surface area contributed by atoms with Crippen molar-refractivity contribution in [2.45, 2.75) is 13.2 Å². The Morgan fingerprint density at radius 2 is 2.58 bits per heavy atom. The average molecular weight is 247 g/mol. The SMILES string of the molecule is CC1N=CN(c2csc(Br)c2)O1. The quantitative estimate of drug-likeness (QED) is 0.762. The van der Waals surface area contributed by atoms with Crippen molar-refractivity contribution in [1.82, 2.24) is 0 Å². The highest BCUT2D eigenvalue weighted by Crippen LogP contribution is 2.28. The van der Waals surface area contributed by atoms with Crippen molar-refractivity contribution >= 4 is 39.3 Å². The predicted octanol–water partition coefficient (Wildman–Crippen LogP) is 2.64. The maximum atomic E-state index is 5.36. The molecule has 2 rings (SSSR count). The van der Waals surface area contributed by atoms with Crippen molar-refractivity contribution in [3.05, 3.63) is 15.2 Å². The molecule has 2 heterocycles. The smallest absolute Gasteiger partial charge is 0.174 e. The lowest BCUT2D eigenvalue weighted by Crippen LogP contribution is -2.17. The van der Waals surface area contributed by atoms with Crippen molar-refractivity contribution < 1.29 is 4.84 Å². The molecule has 64 valence electrons. The molecule has 1 aromatic heterocycles. The molecule has 1 atom stereocenters. The van der Waals surface area contributed by atoms with Gasteiger partial charge in [-0.15, -0.1) is 11.3 Å². The van der Waals surface area contributed by atoms with E-state index in [0.717, 1.165) is 9.47 Å². The molecule has 0 amide bonds. The number of hydrogen-bond donors (Lipinski definition) is 0. The number of nitrogens with zero attached hydrogens (tertiary/aromatic N) is 2. The maximum absolute atomic E-state index is 5.36. The van der Waals surface area contributed by atoms with Gasteiger partial charge in [-0.3, -0.25) is 0 Å². The lowest BCUT2D eigenvalue weighted by Gasteiger charge is -2.11. The number of thiophene rings is 1. The van der Waals surface area contributed by atoms with E-state index in [4.69, 9.17) is 4.84 Å². The molecule has 0 radical (unpaired) electrons. The molecule has 0 saturated carbocycles. The summed E-state index contributed by atoms with van der Waals surface area (Å²) in [5.74, 6) is 0. The molecule has 12 heavy (non-hydrogen) atoms. The summed E-state index contributed by atoms with van der Waals surface area (Å²) in [5, 5.41) is 3.68. The third-order valence-electron chi connectivity index (χ3n) is 1.46. The van der Waals surface area contributed by atoms with Gasteiger partial charge in [0.15, 0.2) is 6.23 Å². The van der Waals surface area contributed by atoms with Crippen LogP contribution in [-0.2, 0) is 4.84 Å². The van der Waals surface area contributed by atoms with Crippen LogP contribution in [0.3, 0.4) is 0 Å². The molecule has 0 bridgehead atoms. The number of anilines is 1. The summed E-state index contributed by atoms with van der Waals surface area (Å²) in [5.41, 5.74) is 1.01. The lowest BCUT2D eigenvalue weighted by atomic mass is 10.5. The van der Waals surface area contributed by atoms with Gasteiger partial charge in [0.25, 0.3) is 0 Å². The van der Waals surface area contributed by atoms with Crippen molar-refractivity contribution in [3.63, 3.8) is 0 Å². The van der Waals surface area contributed by atoms with Crippen LogP contribution in [0.1, 0.15) is 6.92 Å². The number of aliphatic imine (C=N–C) groups is 1. The number of rotatable bonds is 1. The van der Waals surface area contributed by atoms with Crippen molar-refractivity contribution in [2.24, 2.45) is 4.99 Å². The van der Waals surface area contributed by atoms with E-state index in [1.807, 2.05) is 18.4 Å². The van der Waals surface area contributed by atoms with Crippen molar-refractivity contribution in [3.8, 4) is 0 Å². The van der Waals surface area contributed by atoms with E-state index in [2.05, 4.69) is 20.9 Å². The molecule has 0 aliphatic carbocycles.